The maximum absolute atomic E-state index is 12.1. The van der Waals surface area contributed by atoms with Gasteiger partial charge in [0.15, 0.2) is 0 Å². The van der Waals surface area contributed by atoms with E-state index in [1.54, 1.807) is 30.5 Å². The molecule has 0 saturated carbocycles. The van der Waals surface area contributed by atoms with Crippen LogP contribution in [-0.4, -0.2) is 40.7 Å². The maximum Gasteiger partial charge on any atom is 0.319 e. The number of anilines is 2. The highest BCUT2D eigenvalue weighted by Gasteiger charge is 2.16. The second-order valence-electron chi connectivity index (χ2n) is 6.55. The van der Waals surface area contributed by atoms with E-state index in [0.29, 0.717) is 30.8 Å². The summed E-state index contributed by atoms with van der Waals surface area (Å²) in [5.41, 5.74) is 1.34. The van der Waals surface area contributed by atoms with E-state index in [1.807, 2.05) is 17.8 Å². The molecule has 27 heavy (non-hydrogen) atoms. The molecule has 1 atom stereocenters. The lowest BCUT2D eigenvalue weighted by Crippen LogP contribution is -2.35. The molecule has 1 unspecified atom stereocenters. The maximum atomic E-state index is 12.1. The lowest BCUT2D eigenvalue weighted by molar-refractivity contribution is -0.116. The number of amides is 3. The number of imidazole rings is 1. The molecule has 0 spiro atoms. The van der Waals surface area contributed by atoms with Gasteiger partial charge in [-0.3, -0.25) is 4.79 Å². The zero-order valence-corrected chi connectivity index (χ0v) is 15.4. The van der Waals surface area contributed by atoms with Gasteiger partial charge in [-0.25, -0.2) is 9.78 Å². The molecule has 3 amide bonds. The van der Waals surface area contributed by atoms with Crippen molar-refractivity contribution in [3.8, 4) is 0 Å². The fourth-order valence-corrected chi connectivity index (χ4v) is 2.91. The van der Waals surface area contributed by atoms with Crippen LogP contribution in [0, 0.1) is 0 Å². The van der Waals surface area contributed by atoms with Crippen molar-refractivity contribution in [1.82, 2.24) is 14.9 Å². The van der Waals surface area contributed by atoms with Gasteiger partial charge in [-0.1, -0.05) is 0 Å². The molecule has 144 valence electrons. The van der Waals surface area contributed by atoms with Crippen LogP contribution in [0.1, 0.15) is 25.1 Å². The Labute approximate surface area is 158 Å². The second kappa shape index (κ2) is 9.18. The van der Waals surface area contributed by atoms with Gasteiger partial charge in [0.05, 0.1) is 6.10 Å². The summed E-state index contributed by atoms with van der Waals surface area (Å²) < 4.78 is 7.37. The van der Waals surface area contributed by atoms with Gasteiger partial charge in [0.2, 0.25) is 5.91 Å². The van der Waals surface area contributed by atoms with Crippen molar-refractivity contribution in [3.05, 3.63) is 42.5 Å². The zero-order valence-electron chi connectivity index (χ0n) is 15.4. The predicted octanol–water partition coefficient (Wildman–Crippen LogP) is 2.29. The van der Waals surface area contributed by atoms with E-state index in [4.69, 9.17) is 4.74 Å². The van der Waals surface area contributed by atoms with Crippen molar-refractivity contribution in [3.63, 3.8) is 0 Å². The number of aryl methyl sites for hydroxylation is 2. The Morgan fingerprint density at radius 2 is 1.96 bits per heavy atom. The van der Waals surface area contributed by atoms with E-state index in [9.17, 15) is 9.59 Å². The van der Waals surface area contributed by atoms with E-state index < -0.39 is 0 Å². The van der Waals surface area contributed by atoms with Crippen LogP contribution >= 0.6 is 0 Å². The number of nitrogens with one attached hydrogen (secondary N) is 3. The number of aromatic nitrogens is 2. The van der Waals surface area contributed by atoms with Crippen LogP contribution in [-0.2, 0) is 23.0 Å². The summed E-state index contributed by atoms with van der Waals surface area (Å²) in [4.78, 5) is 28.2. The molecule has 1 aliphatic rings. The van der Waals surface area contributed by atoms with E-state index in [-0.39, 0.29) is 18.0 Å². The molecule has 0 bridgehead atoms. The van der Waals surface area contributed by atoms with Gasteiger partial charge in [0, 0.05) is 56.8 Å². The van der Waals surface area contributed by atoms with Gasteiger partial charge >= 0.3 is 6.03 Å². The molecule has 0 aliphatic carbocycles. The zero-order chi connectivity index (χ0) is 19.1. The first kappa shape index (κ1) is 18.9. The standard InChI is InChI=1S/C19H25N5O3/c1-24-11-10-20-17(24)8-9-18(25)22-14-4-6-15(7-5-14)23-19(26)21-13-16-3-2-12-27-16/h4-7,10-11,16H,2-3,8-9,12-13H2,1H3,(H,22,25)(H2,21,23,26). The van der Waals surface area contributed by atoms with Gasteiger partial charge in [-0.15, -0.1) is 0 Å². The van der Waals surface area contributed by atoms with Crippen LogP contribution in [0.15, 0.2) is 36.7 Å². The molecule has 1 aromatic carbocycles. The summed E-state index contributed by atoms with van der Waals surface area (Å²) in [6, 6.07) is 6.75. The van der Waals surface area contributed by atoms with Gasteiger partial charge in [0.1, 0.15) is 5.82 Å². The van der Waals surface area contributed by atoms with Gasteiger partial charge < -0.3 is 25.3 Å². The van der Waals surface area contributed by atoms with Crippen molar-refractivity contribution in [2.75, 3.05) is 23.8 Å². The molecule has 1 saturated heterocycles. The largest absolute Gasteiger partial charge is 0.376 e. The van der Waals surface area contributed by atoms with Crippen molar-refractivity contribution >= 4 is 23.3 Å². The van der Waals surface area contributed by atoms with E-state index in [0.717, 1.165) is 25.3 Å². The average Bonchev–Trinajstić information content (AvgIpc) is 3.31. The highest BCUT2D eigenvalue weighted by atomic mass is 16.5. The first-order valence-corrected chi connectivity index (χ1v) is 9.13. The van der Waals surface area contributed by atoms with Crippen molar-refractivity contribution < 1.29 is 14.3 Å². The predicted molar refractivity (Wildman–Crippen MR) is 103 cm³/mol. The molecule has 0 radical (unpaired) electrons. The SMILES string of the molecule is Cn1ccnc1CCC(=O)Nc1ccc(NC(=O)NCC2CCCO2)cc1. The fraction of sp³-hybridized carbons (Fsp3) is 0.421. The van der Waals surface area contributed by atoms with Gasteiger partial charge in [-0.2, -0.15) is 0 Å². The van der Waals surface area contributed by atoms with E-state index in [1.165, 1.54) is 0 Å². The number of urea groups is 1. The summed E-state index contributed by atoms with van der Waals surface area (Å²) in [5.74, 6) is 0.798. The van der Waals surface area contributed by atoms with E-state index >= 15 is 0 Å². The third-order valence-corrected chi connectivity index (χ3v) is 4.44. The first-order valence-electron chi connectivity index (χ1n) is 9.13. The van der Waals surface area contributed by atoms with Crippen LogP contribution in [0.4, 0.5) is 16.2 Å². The van der Waals surface area contributed by atoms with Gasteiger partial charge in [-0.05, 0) is 37.1 Å². The number of hydrogen-bond donors (Lipinski definition) is 3. The third kappa shape index (κ3) is 5.82. The number of carbonyl (C=O) groups excluding carboxylic acids is 2. The highest BCUT2D eigenvalue weighted by molar-refractivity contribution is 5.92. The Balaban J connectivity index is 1.40. The molecule has 1 fully saturated rings. The normalized spacial score (nSPS) is 16.1. The topological polar surface area (TPSA) is 97.3 Å². The summed E-state index contributed by atoms with van der Waals surface area (Å²) in [5, 5.41) is 8.41. The first-order chi connectivity index (χ1) is 13.1. The Hall–Kier alpha value is -2.87. The monoisotopic (exact) mass is 371 g/mol. The smallest absolute Gasteiger partial charge is 0.319 e. The van der Waals surface area contributed by atoms with Crippen LogP contribution in [0.25, 0.3) is 0 Å². The summed E-state index contributed by atoms with van der Waals surface area (Å²) >= 11 is 0. The minimum Gasteiger partial charge on any atom is -0.376 e. The Morgan fingerprint density at radius 1 is 1.22 bits per heavy atom. The second-order valence-corrected chi connectivity index (χ2v) is 6.55. The summed E-state index contributed by atoms with van der Waals surface area (Å²) in [6.07, 6.45) is 6.65. The quantitative estimate of drug-likeness (QED) is 0.696. The number of nitrogens with zero attached hydrogens (tertiary/aromatic N) is 2. The Bertz CT molecular complexity index is 766. The number of ether oxygens (including phenoxy) is 1. The summed E-state index contributed by atoms with van der Waals surface area (Å²) in [7, 11) is 1.91. The number of carbonyl (C=O) groups is 2. The number of rotatable bonds is 7. The number of benzene rings is 1. The minimum atomic E-state index is -0.266. The highest BCUT2D eigenvalue weighted by Crippen LogP contribution is 2.14. The molecule has 8 heteroatoms. The number of hydrogen-bond acceptors (Lipinski definition) is 4. The van der Waals surface area contributed by atoms with Crippen molar-refractivity contribution in [2.45, 2.75) is 31.8 Å². The fourth-order valence-electron chi connectivity index (χ4n) is 2.91. The van der Waals surface area contributed by atoms with Crippen LogP contribution in [0.3, 0.4) is 0 Å². The van der Waals surface area contributed by atoms with Gasteiger partial charge in [0.25, 0.3) is 0 Å². The minimum absolute atomic E-state index is 0.0759. The Kier molecular flexibility index (Phi) is 6.43. The summed E-state index contributed by atoms with van der Waals surface area (Å²) in [6.45, 7) is 1.28. The molecule has 1 aliphatic heterocycles. The van der Waals surface area contributed by atoms with Crippen molar-refractivity contribution in [2.24, 2.45) is 7.05 Å². The third-order valence-electron chi connectivity index (χ3n) is 4.44. The van der Waals surface area contributed by atoms with E-state index in [2.05, 4.69) is 20.9 Å². The molecular formula is C19H25N5O3. The van der Waals surface area contributed by atoms with Crippen LogP contribution in [0.2, 0.25) is 0 Å². The molecule has 2 aromatic rings. The lowest BCUT2D eigenvalue weighted by Gasteiger charge is -2.12. The average molecular weight is 371 g/mol. The Morgan fingerprint density at radius 3 is 2.59 bits per heavy atom. The van der Waals surface area contributed by atoms with Crippen molar-refractivity contribution in [1.29, 1.82) is 0 Å². The van der Waals surface area contributed by atoms with Crippen LogP contribution < -0.4 is 16.0 Å². The molecule has 2 heterocycles. The molecular weight excluding hydrogens is 346 g/mol. The molecule has 3 N–H and O–H groups in total. The molecule has 1 aromatic heterocycles. The van der Waals surface area contributed by atoms with Crippen LogP contribution in [0.5, 0.6) is 0 Å². The lowest BCUT2D eigenvalue weighted by atomic mass is 10.2. The molecule has 3 rings (SSSR count). The molecule has 8 nitrogen and oxygen atoms in total.